The van der Waals surface area contributed by atoms with Crippen LogP contribution in [0.4, 0.5) is 17.3 Å². The van der Waals surface area contributed by atoms with Crippen molar-refractivity contribution in [2.75, 3.05) is 23.3 Å². The van der Waals surface area contributed by atoms with Gasteiger partial charge in [0.2, 0.25) is 6.39 Å². The lowest BCUT2D eigenvalue weighted by Gasteiger charge is -2.05. The predicted molar refractivity (Wildman–Crippen MR) is 59.6 cm³/mol. The number of anilines is 3. The monoisotopic (exact) mass is 220 g/mol. The highest BCUT2D eigenvalue weighted by Crippen LogP contribution is 2.14. The maximum atomic E-state index is 5.57. The topological polar surface area (TPSA) is 116 Å². The maximum absolute atomic E-state index is 5.57. The van der Waals surface area contributed by atoms with Crippen molar-refractivity contribution in [1.29, 1.82) is 0 Å². The van der Waals surface area contributed by atoms with Gasteiger partial charge in [-0.3, -0.25) is 0 Å². The van der Waals surface area contributed by atoms with Crippen LogP contribution in [0.5, 0.6) is 0 Å². The lowest BCUT2D eigenvalue weighted by atomic mass is 10.3. The standard InChI is InChI=1S/C9H12N6O/c10-6-1-2-7(14-9(6)11)12-4-3-8-13-5-16-15-8/h1-2,5H,3-4,10H2,(H3,11,12,14). The maximum Gasteiger partial charge on any atom is 0.213 e. The molecule has 0 saturated heterocycles. The van der Waals surface area contributed by atoms with E-state index in [4.69, 9.17) is 11.5 Å². The zero-order chi connectivity index (χ0) is 11.4. The second-order valence-corrected chi connectivity index (χ2v) is 3.20. The Balaban J connectivity index is 1.87. The summed E-state index contributed by atoms with van der Waals surface area (Å²) < 4.78 is 4.61. The highest BCUT2D eigenvalue weighted by molar-refractivity contribution is 5.61. The fourth-order valence-electron chi connectivity index (χ4n) is 1.19. The number of aromatic nitrogens is 3. The number of nitrogens with zero attached hydrogens (tertiary/aromatic N) is 3. The van der Waals surface area contributed by atoms with Crippen molar-refractivity contribution in [2.45, 2.75) is 6.42 Å². The molecule has 0 amide bonds. The molecule has 84 valence electrons. The van der Waals surface area contributed by atoms with E-state index in [1.165, 1.54) is 6.39 Å². The van der Waals surface area contributed by atoms with Crippen LogP contribution in [0.25, 0.3) is 0 Å². The van der Waals surface area contributed by atoms with Crippen LogP contribution < -0.4 is 16.8 Å². The number of hydrogen-bond acceptors (Lipinski definition) is 7. The molecule has 7 heteroatoms. The molecule has 0 spiro atoms. The first-order valence-corrected chi connectivity index (χ1v) is 4.77. The molecule has 0 bridgehead atoms. The van der Waals surface area contributed by atoms with E-state index >= 15 is 0 Å². The predicted octanol–water partition coefficient (Wildman–Crippen LogP) is 0.284. The van der Waals surface area contributed by atoms with Crippen molar-refractivity contribution in [2.24, 2.45) is 0 Å². The van der Waals surface area contributed by atoms with E-state index in [9.17, 15) is 0 Å². The summed E-state index contributed by atoms with van der Waals surface area (Å²) in [7, 11) is 0. The van der Waals surface area contributed by atoms with Crippen molar-refractivity contribution in [3.8, 4) is 0 Å². The molecular formula is C9H12N6O. The van der Waals surface area contributed by atoms with Gasteiger partial charge in [0.05, 0.1) is 5.69 Å². The van der Waals surface area contributed by atoms with E-state index in [-0.39, 0.29) is 0 Å². The van der Waals surface area contributed by atoms with E-state index in [2.05, 4.69) is 25.0 Å². The first-order chi connectivity index (χ1) is 7.75. The van der Waals surface area contributed by atoms with Crippen molar-refractivity contribution < 1.29 is 4.52 Å². The smallest absolute Gasteiger partial charge is 0.213 e. The minimum atomic E-state index is 0.324. The first-order valence-electron chi connectivity index (χ1n) is 4.77. The average Bonchev–Trinajstić information content (AvgIpc) is 2.76. The molecule has 7 nitrogen and oxygen atoms in total. The van der Waals surface area contributed by atoms with Crippen LogP contribution in [0.1, 0.15) is 5.82 Å². The fourth-order valence-corrected chi connectivity index (χ4v) is 1.19. The summed E-state index contributed by atoms with van der Waals surface area (Å²) in [5, 5.41) is 6.77. The lowest BCUT2D eigenvalue weighted by Crippen LogP contribution is -2.08. The van der Waals surface area contributed by atoms with E-state index in [1.54, 1.807) is 12.1 Å². The van der Waals surface area contributed by atoms with Gasteiger partial charge in [0.1, 0.15) is 11.6 Å². The zero-order valence-electron chi connectivity index (χ0n) is 8.55. The minimum Gasteiger partial charge on any atom is -0.396 e. The summed E-state index contributed by atoms with van der Waals surface area (Å²) in [6.45, 7) is 0.649. The minimum absolute atomic E-state index is 0.324. The van der Waals surface area contributed by atoms with Crippen LogP contribution in [0.15, 0.2) is 23.0 Å². The first kappa shape index (κ1) is 10.2. The van der Waals surface area contributed by atoms with E-state index in [0.717, 1.165) is 0 Å². The zero-order valence-corrected chi connectivity index (χ0v) is 8.55. The Morgan fingerprint density at radius 1 is 1.31 bits per heavy atom. The van der Waals surface area contributed by atoms with Crippen LogP contribution in [-0.2, 0) is 6.42 Å². The Kier molecular flexibility index (Phi) is 2.86. The van der Waals surface area contributed by atoms with Crippen LogP contribution in [-0.4, -0.2) is 21.7 Å². The number of nitrogens with two attached hydrogens (primary N) is 2. The lowest BCUT2D eigenvalue weighted by molar-refractivity contribution is 0.410. The fraction of sp³-hybridized carbons (Fsp3) is 0.222. The number of rotatable bonds is 4. The van der Waals surface area contributed by atoms with Crippen LogP contribution in [0.3, 0.4) is 0 Å². The molecule has 0 aliphatic carbocycles. The highest BCUT2D eigenvalue weighted by atomic mass is 16.5. The van der Waals surface area contributed by atoms with Gasteiger partial charge in [-0.15, -0.1) is 0 Å². The number of hydrogen-bond donors (Lipinski definition) is 3. The normalized spacial score (nSPS) is 10.2. The molecule has 0 aromatic carbocycles. The molecule has 16 heavy (non-hydrogen) atoms. The quantitative estimate of drug-likeness (QED) is 0.677. The Morgan fingerprint density at radius 3 is 2.88 bits per heavy atom. The van der Waals surface area contributed by atoms with E-state index in [1.807, 2.05) is 0 Å². The molecule has 0 unspecified atom stereocenters. The van der Waals surface area contributed by atoms with Gasteiger partial charge in [0, 0.05) is 13.0 Å². The molecule has 0 atom stereocenters. The van der Waals surface area contributed by atoms with Gasteiger partial charge in [-0.05, 0) is 12.1 Å². The molecule has 0 radical (unpaired) electrons. The summed E-state index contributed by atoms with van der Waals surface area (Å²) in [5.74, 6) is 1.65. The molecule has 2 aromatic heterocycles. The summed E-state index contributed by atoms with van der Waals surface area (Å²) in [6, 6.07) is 3.47. The van der Waals surface area contributed by atoms with E-state index in [0.29, 0.717) is 36.1 Å². The Hall–Kier alpha value is -2.31. The summed E-state index contributed by atoms with van der Waals surface area (Å²) >= 11 is 0. The molecule has 2 rings (SSSR count). The van der Waals surface area contributed by atoms with Crippen molar-refractivity contribution in [3.63, 3.8) is 0 Å². The second-order valence-electron chi connectivity index (χ2n) is 3.20. The third-order valence-electron chi connectivity index (χ3n) is 2.02. The van der Waals surface area contributed by atoms with Gasteiger partial charge in [-0.2, -0.15) is 4.98 Å². The van der Waals surface area contributed by atoms with Gasteiger partial charge >= 0.3 is 0 Å². The summed E-state index contributed by atoms with van der Waals surface area (Å²) in [6.07, 6.45) is 1.96. The van der Waals surface area contributed by atoms with Crippen LogP contribution in [0.2, 0.25) is 0 Å². The Morgan fingerprint density at radius 2 is 2.19 bits per heavy atom. The molecule has 0 saturated carbocycles. The molecule has 0 aliphatic heterocycles. The van der Waals surface area contributed by atoms with Crippen molar-refractivity contribution in [1.82, 2.24) is 15.1 Å². The molecule has 0 fully saturated rings. The Labute approximate surface area is 91.9 Å². The average molecular weight is 220 g/mol. The van der Waals surface area contributed by atoms with Crippen LogP contribution >= 0.6 is 0 Å². The number of pyridine rings is 1. The third-order valence-corrected chi connectivity index (χ3v) is 2.02. The SMILES string of the molecule is Nc1ccc(NCCc2ncon2)nc1N. The highest BCUT2D eigenvalue weighted by Gasteiger charge is 2.00. The molecule has 0 aliphatic rings. The molecular weight excluding hydrogens is 208 g/mol. The second kappa shape index (κ2) is 4.47. The van der Waals surface area contributed by atoms with Gasteiger partial charge in [-0.1, -0.05) is 5.16 Å². The summed E-state index contributed by atoms with van der Waals surface area (Å²) in [5.41, 5.74) is 11.6. The van der Waals surface area contributed by atoms with Crippen molar-refractivity contribution >= 4 is 17.3 Å². The largest absolute Gasteiger partial charge is 0.396 e. The number of nitrogens with one attached hydrogen (secondary N) is 1. The molecule has 2 heterocycles. The number of nitrogen functional groups attached to an aromatic ring is 2. The Bertz CT molecular complexity index is 455. The molecule has 5 N–H and O–H groups in total. The van der Waals surface area contributed by atoms with E-state index < -0.39 is 0 Å². The van der Waals surface area contributed by atoms with Gasteiger partial charge in [0.25, 0.3) is 0 Å². The van der Waals surface area contributed by atoms with Crippen LogP contribution in [0, 0.1) is 0 Å². The summed E-state index contributed by atoms with van der Waals surface area (Å²) in [4.78, 5) is 7.97. The molecule has 2 aromatic rings. The van der Waals surface area contributed by atoms with Gasteiger partial charge in [-0.25, -0.2) is 4.98 Å². The van der Waals surface area contributed by atoms with Gasteiger partial charge < -0.3 is 21.3 Å². The van der Waals surface area contributed by atoms with Crippen molar-refractivity contribution in [3.05, 3.63) is 24.4 Å². The third kappa shape index (κ3) is 2.38. The van der Waals surface area contributed by atoms with Gasteiger partial charge in [0.15, 0.2) is 5.82 Å².